The van der Waals surface area contributed by atoms with Gasteiger partial charge in [0.1, 0.15) is 11.6 Å². The normalized spacial score (nSPS) is 13.3. The minimum absolute atomic E-state index is 0.150. The average Bonchev–Trinajstić information content (AvgIpc) is 2.73. The fourth-order valence-corrected chi connectivity index (χ4v) is 3.58. The van der Waals surface area contributed by atoms with Crippen LogP contribution >= 0.6 is 0 Å². The standard InChI is InChI=1S/C26H30FNO/c1-19(2)29-25-15-11-23(12-16-25)26(22-9-13-24(27)14-10-22)17-18-28-20(3)21-7-5-4-6-8-21/h4-16,19-20,26,28H,17-18H2,1-3H3/t20-,26+/m0/s1. The number of benzene rings is 3. The molecule has 0 heterocycles. The van der Waals surface area contributed by atoms with Gasteiger partial charge in [0.15, 0.2) is 0 Å². The Labute approximate surface area is 173 Å². The van der Waals surface area contributed by atoms with Crippen LogP contribution in [0, 0.1) is 5.82 Å². The van der Waals surface area contributed by atoms with Crippen molar-refractivity contribution >= 4 is 0 Å². The van der Waals surface area contributed by atoms with E-state index in [0.29, 0.717) is 0 Å². The topological polar surface area (TPSA) is 21.3 Å². The zero-order valence-electron chi connectivity index (χ0n) is 17.4. The van der Waals surface area contributed by atoms with Crippen molar-refractivity contribution in [2.45, 2.75) is 45.3 Å². The number of ether oxygens (including phenoxy) is 1. The molecular weight excluding hydrogens is 361 g/mol. The molecule has 0 fully saturated rings. The van der Waals surface area contributed by atoms with Crippen molar-refractivity contribution in [3.8, 4) is 5.75 Å². The second kappa shape index (κ2) is 10.2. The lowest BCUT2D eigenvalue weighted by molar-refractivity contribution is 0.242. The molecule has 0 aliphatic heterocycles. The quantitative estimate of drug-likeness (QED) is 0.450. The van der Waals surface area contributed by atoms with Crippen molar-refractivity contribution < 1.29 is 9.13 Å². The SMILES string of the molecule is CC(C)Oc1ccc([C@H](CCN[C@@H](C)c2ccccc2)c2ccc(F)cc2)cc1. The van der Waals surface area contributed by atoms with E-state index in [1.165, 1.54) is 11.1 Å². The third-order valence-corrected chi connectivity index (χ3v) is 5.11. The van der Waals surface area contributed by atoms with Gasteiger partial charge >= 0.3 is 0 Å². The Balaban J connectivity index is 1.72. The highest BCUT2D eigenvalue weighted by molar-refractivity contribution is 5.36. The Morgan fingerprint density at radius 1 is 0.759 bits per heavy atom. The first-order valence-electron chi connectivity index (χ1n) is 10.3. The van der Waals surface area contributed by atoms with Crippen molar-refractivity contribution in [1.29, 1.82) is 0 Å². The predicted molar refractivity (Wildman–Crippen MR) is 118 cm³/mol. The molecule has 3 aromatic rings. The number of hydrogen-bond acceptors (Lipinski definition) is 2. The Hall–Kier alpha value is -2.65. The molecule has 152 valence electrons. The third-order valence-electron chi connectivity index (χ3n) is 5.11. The molecule has 0 radical (unpaired) electrons. The number of halogens is 1. The molecule has 1 N–H and O–H groups in total. The Bertz CT molecular complexity index is 859. The highest BCUT2D eigenvalue weighted by atomic mass is 19.1. The van der Waals surface area contributed by atoms with E-state index in [-0.39, 0.29) is 23.9 Å². The monoisotopic (exact) mass is 391 g/mol. The summed E-state index contributed by atoms with van der Waals surface area (Å²) >= 11 is 0. The van der Waals surface area contributed by atoms with Crippen LogP contribution in [0.25, 0.3) is 0 Å². The molecule has 0 saturated carbocycles. The Morgan fingerprint density at radius 2 is 1.34 bits per heavy atom. The minimum Gasteiger partial charge on any atom is -0.491 e. The first-order valence-corrected chi connectivity index (χ1v) is 10.3. The van der Waals surface area contributed by atoms with Crippen molar-refractivity contribution in [2.75, 3.05) is 6.54 Å². The van der Waals surface area contributed by atoms with Gasteiger partial charge in [-0.25, -0.2) is 4.39 Å². The van der Waals surface area contributed by atoms with Crippen LogP contribution in [0.1, 0.15) is 55.8 Å². The second-order valence-electron chi connectivity index (χ2n) is 7.71. The van der Waals surface area contributed by atoms with Gasteiger partial charge in [-0.1, -0.05) is 54.6 Å². The lowest BCUT2D eigenvalue weighted by Crippen LogP contribution is -2.21. The smallest absolute Gasteiger partial charge is 0.123 e. The predicted octanol–water partition coefficient (Wildman–Crippen LogP) is 6.49. The molecule has 0 spiro atoms. The fourth-order valence-electron chi connectivity index (χ4n) is 3.58. The maximum Gasteiger partial charge on any atom is 0.123 e. The van der Waals surface area contributed by atoms with E-state index < -0.39 is 0 Å². The van der Waals surface area contributed by atoms with E-state index in [2.05, 4.69) is 48.6 Å². The van der Waals surface area contributed by atoms with Crippen molar-refractivity contribution in [3.05, 3.63) is 101 Å². The van der Waals surface area contributed by atoms with Crippen LogP contribution in [0.4, 0.5) is 4.39 Å². The molecule has 3 rings (SSSR count). The van der Waals surface area contributed by atoms with E-state index in [9.17, 15) is 4.39 Å². The summed E-state index contributed by atoms with van der Waals surface area (Å²) in [4.78, 5) is 0. The highest BCUT2D eigenvalue weighted by Gasteiger charge is 2.15. The summed E-state index contributed by atoms with van der Waals surface area (Å²) in [6.07, 6.45) is 1.07. The molecule has 0 aromatic heterocycles. The van der Waals surface area contributed by atoms with Crippen molar-refractivity contribution in [2.24, 2.45) is 0 Å². The average molecular weight is 392 g/mol. The Morgan fingerprint density at radius 3 is 1.93 bits per heavy atom. The van der Waals surface area contributed by atoms with Crippen LogP contribution in [-0.4, -0.2) is 12.6 Å². The Kier molecular flexibility index (Phi) is 7.42. The zero-order valence-corrected chi connectivity index (χ0v) is 17.4. The van der Waals surface area contributed by atoms with Gasteiger partial charge < -0.3 is 10.1 Å². The number of rotatable bonds is 9. The summed E-state index contributed by atoms with van der Waals surface area (Å²) in [5, 5.41) is 3.62. The number of nitrogens with one attached hydrogen (secondary N) is 1. The molecule has 29 heavy (non-hydrogen) atoms. The van der Waals surface area contributed by atoms with Crippen LogP contribution < -0.4 is 10.1 Å². The van der Waals surface area contributed by atoms with Crippen molar-refractivity contribution in [3.63, 3.8) is 0 Å². The number of hydrogen-bond donors (Lipinski definition) is 1. The van der Waals surface area contributed by atoms with Crippen LogP contribution in [0.5, 0.6) is 5.75 Å². The van der Waals surface area contributed by atoms with Gasteiger partial charge in [0.05, 0.1) is 6.10 Å². The minimum atomic E-state index is -0.205. The largest absolute Gasteiger partial charge is 0.491 e. The molecule has 0 unspecified atom stereocenters. The van der Waals surface area contributed by atoms with Crippen LogP contribution in [0.2, 0.25) is 0 Å². The molecule has 3 aromatic carbocycles. The van der Waals surface area contributed by atoms with Gasteiger partial charge in [0.25, 0.3) is 0 Å². The van der Waals surface area contributed by atoms with Gasteiger partial charge in [-0.15, -0.1) is 0 Å². The van der Waals surface area contributed by atoms with Crippen LogP contribution in [-0.2, 0) is 0 Å². The second-order valence-corrected chi connectivity index (χ2v) is 7.71. The molecule has 0 aliphatic carbocycles. The maximum absolute atomic E-state index is 13.4. The summed E-state index contributed by atoms with van der Waals surface area (Å²) in [6.45, 7) is 7.09. The van der Waals surface area contributed by atoms with Gasteiger partial charge in [-0.3, -0.25) is 0 Å². The molecule has 2 nitrogen and oxygen atoms in total. The maximum atomic E-state index is 13.4. The van der Waals surface area contributed by atoms with Gasteiger partial charge in [-0.05, 0) is 74.7 Å². The van der Waals surface area contributed by atoms with Crippen LogP contribution in [0.3, 0.4) is 0 Å². The van der Waals surface area contributed by atoms with Gasteiger partial charge in [0.2, 0.25) is 0 Å². The zero-order chi connectivity index (χ0) is 20.6. The lowest BCUT2D eigenvalue weighted by atomic mass is 9.88. The first-order chi connectivity index (χ1) is 14.0. The fraction of sp³-hybridized carbons (Fsp3) is 0.308. The molecule has 0 aliphatic rings. The molecule has 0 bridgehead atoms. The highest BCUT2D eigenvalue weighted by Crippen LogP contribution is 2.30. The molecule has 2 atom stereocenters. The summed E-state index contributed by atoms with van der Waals surface area (Å²) < 4.78 is 19.2. The molecule has 3 heteroatoms. The van der Waals surface area contributed by atoms with E-state index in [0.717, 1.165) is 24.3 Å². The van der Waals surface area contributed by atoms with E-state index in [4.69, 9.17) is 4.74 Å². The summed E-state index contributed by atoms with van der Waals surface area (Å²) in [5.41, 5.74) is 3.61. The molecular formula is C26H30FNO. The first kappa shape index (κ1) is 21.1. The van der Waals surface area contributed by atoms with Gasteiger partial charge in [0, 0.05) is 12.0 Å². The van der Waals surface area contributed by atoms with E-state index >= 15 is 0 Å². The summed E-state index contributed by atoms with van der Waals surface area (Å²) in [5.74, 6) is 0.862. The van der Waals surface area contributed by atoms with Gasteiger partial charge in [-0.2, -0.15) is 0 Å². The van der Waals surface area contributed by atoms with E-state index in [1.807, 2.05) is 44.2 Å². The summed E-state index contributed by atoms with van der Waals surface area (Å²) in [6, 6.07) is 25.9. The van der Waals surface area contributed by atoms with E-state index in [1.54, 1.807) is 12.1 Å². The molecule has 0 saturated heterocycles. The molecule has 0 amide bonds. The van der Waals surface area contributed by atoms with Crippen LogP contribution in [0.15, 0.2) is 78.9 Å². The third kappa shape index (κ3) is 6.16. The lowest BCUT2D eigenvalue weighted by Gasteiger charge is -2.21. The summed E-state index contributed by atoms with van der Waals surface area (Å²) in [7, 11) is 0. The van der Waals surface area contributed by atoms with Crippen molar-refractivity contribution in [1.82, 2.24) is 5.32 Å².